The van der Waals surface area contributed by atoms with Crippen LogP contribution in [0.1, 0.15) is 25.1 Å². The molecule has 0 bridgehead atoms. The zero-order valence-corrected chi connectivity index (χ0v) is 17.1. The highest BCUT2D eigenvalue weighted by atomic mass is 16.5. The molecule has 0 aliphatic carbocycles. The molecule has 0 N–H and O–H groups in total. The van der Waals surface area contributed by atoms with Gasteiger partial charge in [0.2, 0.25) is 5.91 Å². The molecule has 8 heteroatoms. The zero-order valence-electron chi connectivity index (χ0n) is 17.1. The van der Waals surface area contributed by atoms with E-state index in [4.69, 9.17) is 18.7 Å². The lowest BCUT2D eigenvalue weighted by molar-refractivity contribution is -0.117. The summed E-state index contributed by atoms with van der Waals surface area (Å²) in [6.45, 7) is 2.90. The molecule has 156 valence electrons. The number of para-hydroxylation sites is 1. The van der Waals surface area contributed by atoms with Crippen molar-refractivity contribution in [3.05, 3.63) is 48.3 Å². The minimum atomic E-state index is -0.175. The van der Waals surface area contributed by atoms with Gasteiger partial charge in [-0.15, -0.1) is 0 Å². The average Bonchev–Trinajstić information content (AvgIpc) is 3.41. The van der Waals surface area contributed by atoms with Crippen LogP contribution in [0.3, 0.4) is 0 Å². The van der Waals surface area contributed by atoms with E-state index >= 15 is 0 Å². The highest BCUT2D eigenvalue weighted by Gasteiger charge is 2.35. The van der Waals surface area contributed by atoms with Gasteiger partial charge in [0, 0.05) is 37.1 Å². The third-order valence-corrected chi connectivity index (χ3v) is 5.00. The molecule has 1 aromatic heterocycles. The normalized spacial score (nSPS) is 16.0. The lowest BCUT2D eigenvalue weighted by Gasteiger charge is -2.18. The van der Waals surface area contributed by atoms with Crippen LogP contribution in [0.15, 0.2) is 47.0 Å². The van der Waals surface area contributed by atoms with E-state index < -0.39 is 0 Å². The molecule has 2 aromatic carbocycles. The third kappa shape index (κ3) is 3.80. The van der Waals surface area contributed by atoms with Gasteiger partial charge in [0.1, 0.15) is 17.2 Å². The maximum atomic E-state index is 12.7. The van der Waals surface area contributed by atoms with Gasteiger partial charge in [-0.2, -0.15) is 4.98 Å². The number of carbonyl (C=O) groups excluding carboxylic acids is 1. The molecule has 0 saturated carbocycles. The predicted octanol–water partition coefficient (Wildman–Crippen LogP) is 3.67. The highest BCUT2D eigenvalue weighted by molar-refractivity contribution is 5.96. The van der Waals surface area contributed by atoms with E-state index in [1.54, 1.807) is 25.2 Å². The van der Waals surface area contributed by atoms with Crippen molar-refractivity contribution in [1.82, 2.24) is 10.1 Å². The fourth-order valence-corrected chi connectivity index (χ4v) is 3.51. The number of amides is 1. The molecule has 4 rings (SSSR count). The summed E-state index contributed by atoms with van der Waals surface area (Å²) in [7, 11) is 3.15. The summed E-state index contributed by atoms with van der Waals surface area (Å²) in [5.41, 5.74) is 1.45. The first-order chi connectivity index (χ1) is 14.6. The lowest BCUT2D eigenvalue weighted by atomic mass is 10.1. The number of carbonyl (C=O) groups is 1. The van der Waals surface area contributed by atoms with Gasteiger partial charge < -0.3 is 23.6 Å². The minimum Gasteiger partial charge on any atom is -0.497 e. The van der Waals surface area contributed by atoms with Gasteiger partial charge in [-0.3, -0.25) is 4.79 Å². The Hall–Kier alpha value is -3.55. The van der Waals surface area contributed by atoms with Crippen LogP contribution in [-0.2, 0) is 4.79 Å². The van der Waals surface area contributed by atoms with Gasteiger partial charge in [-0.05, 0) is 19.1 Å². The van der Waals surface area contributed by atoms with Crippen molar-refractivity contribution in [3.8, 4) is 28.7 Å². The first-order valence-corrected chi connectivity index (χ1v) is 9.72. The van der Waals surface area contributed by atoms with Crippen LogP contribution in [-0.4, -0.2) is 43.4 Å². The number of nitrogens with zero attached hydrogens (tertiary/aromatic N) is 3. The number of aromatic nitrogens is 2. The van der Waals surface area contributed by atoms with E-state index in [0.717, 1.165) is 5.56 Å². The number of ether oxygens (including phenoxy) is 3. The Kier molecular flexibility index (Phi) is 5.56. The molecule has 1 aliphatic heterocycles. The Morgan fingerprint density at radius 2 is 1.87 bits per heavy atom. The van der Waals surface area contributed by atoms with E-state index in [2.05, 4.69) is 10.1 Å². The molecular weight excluding hydrogens is 386 g/mol. The van der Waals surface area contributed by atoms with Crippen molar-refractivity contribution in [3.63, 3.8) is 0 Å². The Morgan fingerprint density at radius 3 is 2.57 bits per heavy atom. The van der Waals surface area contributed by atoms with Crippen LogP contribution < -0.4 is 19.1 Å². The molecule has 0 radical (unpaired) electrons. The smallest absolute Gasteiger partial charge is 0.261 e. The summed E-state index contributed by atoms with van der Waals surface area (Å²) < 4.78 is 21.8. The molecule has 0 spiro atoms. The quantitative estimate of drug-likeness (QED) is 0.588. The largest absolute Gasteiger partial charge is 0.497 e. The number of benzene rings is 2. The van der Waals surface area contributed by atoms with Crippen molar-refractivity contribution in [2.75, 3.05) is 32.3 Å². The highest BCUT2D eigenvalue weighted by Crippen LogP contribution is 2.36. The van der Waals surface area contributed by atoms with E-state index in [9.17, 15) is 4.79 Å². The maximum Gasteiger partial charge on any atom is 0.261 e. The van der Waals surface area contributed by atoms with Gasteiger partial charge in [-0.1, -0.05) is 17.3 Å². The molecule has 2 heterocycles. The summed E-state index contributed by atoms with van der Waals surface area (Å²) in [5.74, 6) is 2.61. The molecule has 1 aliphatic rings. The van der Waals surface area contributed by atoms with Crippen LogP contribution in [0.2, 0.25) is 0 Å². The predicted molar refractivity (Wildman–Crippen MR) is 110 cm³/mol. The lowest BCUT2D eigenvalue weighted by Crippen LogP contribution is -2.24. The molecule has 1 atom stereocenters. The molecule has 30 heavy (non-hydrogen) atoms. The fraction of sp³-hybridized carbons (Fsp3) is 0.318. The summed E-state index contributed by atoms with van der Waals surface area (Å²) in [6, 6.07) is 12.9. The molecule has 1 saturated heterocycles. The van der Waals surface area contributed by atoms with E-state index in [-0.39, 0.29) is 11.8 Å². The van der Waals surface area contributed by atoms with Gasteiger partial charge in [0.05, 0.1) is 32.1 Å². The van der Waals surface area contributed by atoms with E-state index in [1.165, 1.54) is 0 Å². The number of hydrogen-bond donors (Lipinski definition) is 0. The number of hydrogen-bond acceptors (Lipinski definition) is 7. The minimum absolute atomic E-state index is 0.0172. The summed E-state index contributed by atoms with van der Waals surface area (Å²) in [5, 5.41) is 4.14. The zero-order chi connectivity index (χ0) is 21.1. The Balaban J connectivity index is 1.57. The summed E-state index contributed by atoms with van der Waals surface area (Å²) >= 11 is 0. The Bertz CT molecular complexity index is 1030. The molecule has 8 nitrogen and oxygen atoms in total. The number of methoxy groups -OCH3 is 2. The molecule has 3 aromatic rings. The van der Waals surface area contributed by atoms with Gasteiger partial charge in [-0.25, -0.2) is 0 Å². The Morgan fingerprint density at radius 1 is 1.13 bits per heavy atom. The molecule has 1 amide bonds. The molecule has 1 unspecified atom stereocenters. The van der Waals surface area contributed by atoms with Crippen molar-refractivity contribution in [2.45, 2.75) is 19.3 Å². The topological polar surface area (TPSA) is 86.9 Å². The van der Waals surface area contributed by atoms with Crippen LogP contribution in [0.25, 0.3) is 11.5 Å². The van der Waals surface area contributed by atoms with E-state index in [0.29, 0.717) is 54.2 Å². The first kappa shape index (κ1) is 19.8. The van der Waals surface area contributed by atoms with Gasteiger partial charge in [0.15, 0.2) is 5.82 Å². The number of rotatable bonds is 7. The Labute approximate surface area is 174 Å². The second-order valence-corrected chi connectivity index (χ2v) is 6.86. The van der Waals surface area contributed by atoms with Crippen LogP contribution >= 0.6 is 0 Å². The van der Waals surface area contributed by atoms with Crippen LogP contribution in [0.5, 0.6) is 17.2 Å². The van der Waals surface area contributed by atoms with Crippen molar-refractivity contribution in [2.24, 2.45) is 0 Å². The standard InChI is InChI=1S/C22H23N3O5/c1-4-29-19-8-6-5-7-18(19)22-23-21(24-30-22)14-9-20(26)25(13-14)15-10-16(27-2)12-17(11-15)28-3/h5-8,10-12,14H,4,9,13H2,1-3H3. The van der Waals surface area contributed by atoms with E-state index in [1.807, 2.05) is 43.3 Å². The third-order valence-electron chi connectivity index (χ3n) is 5.00. The maximum absolute atomic E-state index is 12.7. The molecule has 1 fully saturated rings. The summed E-state index contributed by atoms with van der Waals surface area (Å²) in [4.78, 5) is 19.0. The van der Waals surface area contributed by atoms with Crippen molar-refractivity contribution >= 4 is 11.6 Å². The van der Waals surface area contributed by atoms with Crippen molar-refractivity contribution < 1.29 is 23.5 Å². The fourth-order valence-electron chi connectivity index (χ4n) is 3.51. The van der Waals surface area contributed by atoms with Crippen LogP contribution in [0.4, 0.5) is 5.69 Å². The average molecular weight is 409 g/mol. The van der Waals surface area contributed by atoms with Crippen LogP contribution in [0, 0.1) is 0 Å². The van der Waals surface area contributed by atoms with Gasteiger partial charge in [0.25, 0.3) is 5.89 Å². The molecular formula is C22H23N3O5. The first-order valence-electron chi connectivity index (χ1n) is 9.72. The monoisotopic (exact) mass is 409 g/mol. The van der Waals surface area contributed by atoms with Crippen molar-refractivity contribution in [1.29, 1.82) is 0 Å². The second-order valence-electron chi connectivity index (χ2n) is 6.86. The summed E-state index contributed by atoms with van der Waals surface area (Å²) in [6.07, 6.45) is 0.297. The second kappa shape index (κ2) is 8.44. The SMILES string of the molecule is CCOc1ccccc1-c1nc(C2CC(=O)N(c3cc(OC)cc(OC)c3)C2)no1. The van der Waals surface area contributed by atoms with Gasteiger partial charge >= 0.3 is 0 Å². The number of anilines is 1.